The summed E-state index contributed by atoms with van der Waals surface area (Å²) in [7, 11) is -5.08. The summed E-state index contributed by atoms with van der Waals surface area (Å²) in [5.74, 6) is -0.263. The number of carbonyl (C=O) groups is 1. The van der Waals surface area contributed by atoms with Gasteiger partial charge in [-0.15, -0.1) is 0 Å². The summed E-state index contributed by atoms with van der Waals surface area (Å²) >= 11 is 0. The second-order valence-corrected chi connectivity index (χ2v) is 16.0. The van der Waals surface area contributed by atoms with E-state index in [1.807, 2.05) is 6.08 Å². The van der Waals surface area contributed by atoms with Crippen LogP contribution in [0.5, 0.6) is 0 Å². The van der Waals surface area contributed by atoms with Crippen molar-refractivity contribution in [2.75, 3.05) is 13.2 Å². The molecule has 0 spiro atoms. The molecule has 0 aliphatic carbocycles. The number of rotatable bonds is 35. The van der Waals surface area contributed by atoms with Crippen LogP contribution < -0.4 is 5.32 Å². The largest absolute Gasteiger partial charge is 0.397 e. The zero-order valence-electron chi connectivity index (χ0n) is 33.1. The van der Waals surface area contributed by atoms with Gasteiger partial charge in [-0.25, -0.2) is 4.18 Å². The maximum atomic E-state index is 13.0. The molecule has 1 heterocycles. The summed E-state index contributed by atoms with van der Waals surface area (Å²) in [4.78, 5) is 13.0. The van der Waals surface area contributed by atoms with E-state index < -0.39 is 59.9 Å². The predicted octanol–water partition coefficient (Wildman–Crippen LogP) is 7.21. The summed E-state index contributed by atoms with van der Waals surface area (Å²) in [6.45, 7) is 3.35. The minimum Gasteiger partial charge on any atom is -0.394 e. The molecule has 7 unspecified atom stereocenters. The lowest BCUT2D eigenvalue weighted by Gasteiger charge is -2.41. The predicted molar refractivity (Wildman–Crippen MR) is 209 cm³/mol. The Labute approximate surface area is 321 Å². The van der Waals surface area contributed by atoms with Crippen molar-refractivity contribution in [3.05, 3.63) is 12.2 Å². The molecule has 1 aliphatic rings. The van der Waals surface area contributed by atoms with E-state index in [4.69, 9.17) is 14.0 Å². The molecule has 1 fully saturated rings. The topological polar surface area (TPSA) is 192 Å². The molecular formula is C40H77NO11S. The monoisotopic (exact) mass is 780 g/mol. The fraction of sp³-hybridized carbons (Fsp3) is 0.925. The van der Waals surface area contributed by atoms with E-state index in [1.54, 1.807) is 6.08 Å². The van der Waals surface area contributed by atoms with Crippen molar-refractivity contribution in [3.63, 3.8) is 0 Å². The Hall–Kier alpha value is -1.16. The van der Waals surface area contributed by atoms with E-state index in [9.17, 15) is 33.6 Å². The number of amides is 1. The van der Waals surface area contributed by atoms with E-state index in [1.165, 1.54) is 116 Å². The second kappa shape index (κ2) is 32.0. The molecule has 0 radical (unpaired) electrons. The van der Waals surface area contributed by atoms with Gasteiger partial charge < -0.3 is 35.2 Å². The van der Waals surface area contributed by atoms with Crippen molar-refractivity contribution in [2.24, 2.45) is 0 Å². The molecule has 1 aliphatic heterocycles. The molecule has 7 atom stereocenters. The van der Waals surface area contributed by atoms with Gasteiger partial charge in [-0.05, 0) is 19.3 Å². The molecule has 314 valence electrons. The number of aliphatic hydroxyl groups excluding tert-OH is 4. The van der Waals surface area contributed by atoms with Gasteiger partial charge in [-0.2, -0.15) is 8.42 Å². The van der Waals surface area contributed by atoms with Gasteiger partial charge in [0.25, 0.3) is 0 Å². The number of carbonyl (C=O) groups excluding carboxylic acids is 1. The third kappa shape index (κ3) is 25.6. The summed E-state index contributed by atoms with van der Waals surface area (Å²) in [5.41, 5.74) is 0. The normalized spacial score (nSPS) is 22.0. The Morgan fingerprint density at radius 2 is 1.19 bits per heavy atom. The average Bonchev–Trinajstić information content (AvgIpc) is 3.12. The van der Waals surface area contributed by atoms with Crippen LogP contribution in [0.15, 0.2) is 12.2 Å². The number of hydrogen-bond acceptors (Lipinski definition) is 10. The van der Waals surface area contributed by atoms with Crippen LogP contribution in [0.25, 0.3) is 0 Å². The third-order valence-electron chi connectivity index (χ3n) is 10.1. The van der Waals surface area contributed by atoms with Crippen LogP contribution in [0, 0.1) is 0 Å². The smallest absolute Gasteiger partial charge is 0.394 e. The molecule has 6 N–H and O–H groups in total. The Morgan fingerprint density at radius 1 is 0.736 bits per heavy atom. The lowest BCUT2D eigenvalue weighted by molar-refractivity contribution is -0.298. The van der Waals surface area contributed by atoms with Crippen molar-refractivity contribution in [1.29, 1.82) is 0 Å². The number of aliphatic hydroxyl groups is 4. The van der Waals surface area contributed by atoms with Gasteiger partial charge in [0.2, 0.25) is 5.91 Å². The van der Waals surface area contributed by atoms with Gasteiger partial charge in [0.15, 0.2) is 6.29 Å². The Kier molecular flexibility index (Phi) is 30.1. The molecule has 0 aromatic rings. The molecule has 1 amide bonds. The van der Waals surface area contributed by atoms with Gasteiger partial charge in [0.1, 0.15) is 24.4 Å². The first-order valence-electron chi connectivity index (χ1n) is 21.1. The molecular weight excluding hydrogens is 703 g/mol. The molecule has 53 heavy (non-hydrogen) atoms. The number of unbranched alkanes of at least 4 members (excludes halogenated alkanes) is 23. The van der Waals surface area contributed by atoms with Crippen LogP contribution >= 0.6 is 0 Å². The van der Waals surface area contributed by atoms with E-state index in [0.29, 0.717) is 6.42 Å². The Bertz CT molecular complexity index is 1010. The van der Waals surface area contributed by atoms with Gasteiger partial charge in [0, 0.05) is 6.42 Å². The third-order valence-corrected chi connectivity index (χ3v) is 10.5. The van der Waals surface area contributed by atoms with E-state index >= 15 is 0 Å². The standard InChI is InChI=1S/C40H77NO11S/c1-3-5-7-9-11-13-15-16-17-18-20-22-24-26-28-30-36(44)41-33(34(43)29-27-25-23-21-19-14-12-10-8-6-4-2)32-50-40-38(46)39(52-53(47,48)49)37(45)35(31-42)51-40/h27,29,33-35,37-40,42-43,45-46H,3-26,28,30-32H2,1-2H3,(H,41,44)(H,47,48,49)/b29-27+. The van der Waals surface area contributed by atoms with E-state index in [0.717, 1.165) is 38.5 Å². The highest BCUT2D eigenvalue weighted by atomic mass is 32.3. The van der Waals surface area contributed by atoms with Crippen molar-refractivity contribution in [2.45, 2.75) is 224 Å². The van der Waals surface area contributed by atoms with Crippen LogP contribution in [-0.4, -0.2) is 95.4 Å². The Balaban J connectivity index is 2.57. The zero-order valence-corrected chi connectivity index (χ0v) is 33.9. The first-order chi connectivity index (χ1) is 25.5. The van der Waals surface area contributed by atoms with Crippen molar-refractivity contribution in [3.8, 4) is 0 Å². The van der Waals surface area contributed by atoms with Crippen molar-refractivity contribution < 1.29 is 51.8 Å². The van der Waals surface area contributed by atoms with Gasteiger partial charge in [-0.3, -0.25) is 9.35 Å². The first kappa shape index (κ1) is 49.9. The van der Waals surface area contributed by atoms with Gasteiger partial charge in [0.05, 0.1) is 25.4 Å². The van der Waals surface area contributed by atoms with Crippen LogP contribution in [-0.2, 0) is 28.9 Å². The van der Waals surface area contributed by atoms with Crippen LogP contribution in [0.2, 0.25) is 0 Å². The minimum absolute atomic E-state index is 0.263. The summed E-state index contributed by atoms with van der Waals surface area (Å²) < 4.78 is 47.4. The first-order valence-corrected chi connectivity index (χ1v) is 22.4. The number of hydrogen-bond donors (Lipinski definition) is 6. The fourth-order valence-corrected chi connectivity index (χ4v) is 7.26. The van der Waals surface area contributed by atoms with Crippen LogP contribution in [0.3, 0.4) is 0 Å². The molecule has 1 saturated heterocycles. The second-order valence-electron chi connectivity index (χ2n) is 14.9. The maximum Gasteiger partial charge on any atom is 0.397 e. The summed E-state index contributed by atoms with van der Waals surface area (Å²) in [6, 6.07) is -0.936. The molecule has 13 heteroatoms. The zero-order chi connectivity index (χ0) is 39.2. The van der Waals surface area contributed by atoms with E-state index in [-0.39, 0.29) is 18.9 Å². The van der Waals surface area contributed by atoms with Gasteiger partial charge in [-0.1, -0.05) is 167 Å². The van der Waals surface area contributed by atoms with E-state index in [2.05, 4.69) is 23.3 Å². The van der Waals surface area contributed by atoms with Crippen molar-refractivity contribution in [1.82, 2.24) is 5.32 Å². The highest BCUT2D eigenvalue weighted by Gasteiger charge is 2.48. The minimum atomic E-state index is -5.08. The number of allylic oxidation sites excluding steroid dienone is 1. The highest BCUT2D eigenvalue weighted by molar-refractivity contribution is 7.80. The number of ether oxygens (including phenoxy) is 2. The quantitative estimate of drug-likeness (QED) is 0.0216. The number of nitrogens with one attached hydrogen (secondary N) is 1. The highest BCUT2D eigenvalue weighted by Crippen LogP contribution is 2.26. The fourth-order valence-electron chi connectivity index (χ4n) is 6.75. The summed E-state index contributed by atoms with van der Waals surface area (Å²) in [5, 5.41) is 44.5. The maximum absolute atomic E-state index is 13.0. The average molecular weight is 780 g/mol. The lowest BCUT2D eigenvalue weighted by Crippen LogP contribution is -2.61. The SMILES string of the molecule is CCCCCCCCCCC/C=C/C(O)C(COC1OC(CO)C(O)C(OS(=O)(=O)O)C1O)NC(=O)CCCCCCCCCCCCCCCCC. The molecule has 12 nitrogen and oxygen atoms in total. The van der Waals surface area contributed by atoms with Crippen LogP contribution in [0.1, 0.15) is 181 Å². The van der Waals surface area contributed by atoms with Crippen LogP contribution in [0.4, 0.5) is 0 Å². The summed E-state index contributed by atoms with van der Waals surface area (Å²) in [6.07, 6.45) is 24.0. The molecule has 0 aromatic carbocycles. The lowest BCUT2D eigenvalue weighted by atomic mass is 9.99. The molecule has 0 saturated carbocycles. The Morgan fingerprint density at radius 3 is 1.64 bits per heavy atom. The van der Waals surface area contributed by atoms with Crippen molar-refractivity contribution >= 4 is 16.3 Å². The molecule has 1 rings (SSSR count). The molecule has 0 aromatic heterocycles. The molecule has 0 bridgehead atoms. The van der Waals surface area contributed by atoms with Gasteiger partial charge >= 0.3 is 10.4 Å².